The van der Waals surface area contributed by atoms with Gasteiger partial charge in [0.1, 0.15) is 6.04 Å². The van der Waals surface area contributed by atoms with Crippen LogP contribution in [-0.2, 0) is 15.1 Å². The number of fused-ring (bicyclic) bond motifs is 3. The van der Waals surface area contributed by atoms with Crippen molar-refractivity contribution in [1.29, 1.82) is 0 Å². The SMILES string of the molecule is COC(=O)[C@H](CN=[N+]=[N-])NC1(c2ccccc2)c2ccccc2-c2ccccc21. The number of benzene rings is 3. The van der Waals surface area contributed by atoms with Crippen molar-refractivity contribution < 1.29 is 9.53 Å². The zero-order chi connectivity index (χ0) is 20.3. The second-order valence-corrected chi connectivity index (χ2v) is 6.84. The van der Waals surface area contributed by atoms with Crippen molar-refractivity contribution in [3.8, 4) is 11.1 Å². The van der Waals surface area contributed by atoms with Crippen molar-refractivity contribution >= 4 is 5.97 Å². The van der Waals surface area contributed by atoms with Gasteiger partial charge >= 0.3 is 5.97 Å². The van der Waals surface area contributed by atoms with Crippen LogP contribution >= 0.6 is 0 Å². The Labute approximate surface area is 168 Å². The van der Waals surface area contributed by atoms with Gasteiger partial charge in [-0.05, 0) is 33.3 Å². The summed E-state index contributed by atoms with van der Waals surface area (Å²) in [4.78, 5) is 15.4. The topological polar surface area (TPSA) is 87.1 Å². The lowest BCUT2D eigenvalue weighted by Crippen LogP contribution is -2.53. The minimum atomic E-state index is -0.810. The third-order valence-corrected chi connectivity index (χ3v) is 5.36. The molecule has 0 fully saturated rings. The van der Waals surface area contributed by atoms with Crippen molar-refractivity contribution in [1.82, 2.24) is 5.32 Å². The largest absolute Gasteiger partial charge is 0.468 e. The lowest BCUT2D eigenvalue weighted by molar-refractivity contribution is -0.143. The molecule has 0 unspecified atom stereocenters. The number of nitrogens with one attached hydrogen (secondary N) is 1. The second kappa shape index (κ2) is 7.80. The van der Waals surface area contributed by atoms with Gasteiger partial charge in [0.2, 0.25) is 0 Å². The van der Waals surface area contributed by atoms with Crippen molar-refractivity contribution in [3.05, 3.63) is 106 Å². The van der Waals surface area contributed by atoms with E-state index in [-0.39, 0.29) is 6.54 Å². The maximum Gasteiger partial charge on any atom is 0.323 e. The van der Waals surface area contributed by atoms with E-state index in [2.05, 4.69) is 39.6 Å². The van der Waals surface area contributed by atoms with E-state index in [1.54, 1.807) is 0 Å². The third-order valence-electron chi connectivity index (χ3n) is 5.36. The average molecular weight is 384 g/mol. The van der Waals surface area contributed by atoms with E-state index < -0.39 is 17.6 Å². The summed E-state index contributed by atoms with van der Waals surface area (Å²) in [5.74, 6) is -0.477. The minimum Gasteiger partial charge on any atom is -0.468 e. The third kappa shape index (κ3) is 3.05. The second-order valence-electron chi connectivity index (χ2n) is 6.84. The summed E-state index contributed by atoms with van der Waals surface area (Å²) in [7, 11) is 1.33. The highest BCUT2D eigenvalue weighted by atomic mass is 16.5. The van der Waals surface area contributed by atoms with Gasteiger partial charge in [0.05, 0.1) is 19.2 Å². The van der Waals surface area contributed by atoms with E-state index >= 15 is 0 Å². The molecule has 29 heavy (non-hydrogen) atoms. The monoisotopic (exact) mass is 384 g/mol. The first kappa shape index (κ1) is 18.7. The molecule has 6 heteroatoms. The lowest BCUT2D eigenvalue weighted by atomic mass is 9.80. The number of carbonyl (C=O) groups excluding carboxylic acids is 1. The number of azide groups is 1. The van der Waals surface area contributed by atoms with E-state index in [0.29, 0.717) is 0 Å². The smallest absolute Gasteiger partial charge is 0.323 e. The molecule has 6 nitrogen and oxygen atoms in total. The molecule has 0 spiro atoms. The molecule has 4 rings (SSSR count). The molecule has 0 radical (unpaired) electrons. The highest BCUT2D eigenvalue weighted by Crippen LogP contribution is 2.50. The van der Waals surface area contributed by atoms with Gasteiger partial charge in [-0.3, -0.25) is 10.1 Å². The first-order valence-electron chi connectivity index (χ1n) is 9.33. The highest BCUT2D eigenvalue weighted by molar-refractivity contribution is 5.84. The summed E-state index contributed by atoms with van der Waals surface area (Å²) < 4.78 is 4.99. The molecule has 0 saturated heterocycles. The van der Waals surface area contributed by atoms with Crippen LogP contribution in [-0.4, -0.2) is 25.7 Å². The highest BCUT2D eigenvalue weighted by Gasteiger charge is 2.46. The molecule has 0 heterocycles. The van der Waals surface area contributed by atoms with Gasteiger partial charge in [-0.2, -0.15) is 0 Å². The molecular formula is C23H20N4O2. The van der Waals surface area contributed by atoms with Crippen LogP contribution in [0, 0.1) is 0 Å². The first-order chi connectivity index (χ1) is 14.2. The first-order valence-corrected chi connectivity index (χ1v) is 9.33. The molecule has 1 aliphatic carbocycles. The Bertz CT molecular complexity index is 1050. The van der Waals surface area contributed by atoms with Crippen LogP contribution in [0.25, 0.3) is 21.6 Å². The number of rotatable bonds is 6. The fourth-order valence-electron chi connectivity index (χ4n) is 4.17. The molecule has 1 atom stereocenters. The molecule has 0 amide bonds. The molecular weight excluding hydrogens is 364 g/mol. The summed E-state index contributed by atoms with van der Waals surface area (Å²) in [5, 5.41) is 7.14. The summed E-state index contributed by atoms with van der Waals surface area (Å²) in [5.41, 5.74) is 13.3. The molecule has 1 aliphatic rings. The number of hydrogen-bond donors (Lipinski definition) is 1. The predicted octanol–water partition coefficient (Wildman–Crippen LogP) is 4.40. The minimum absolute atomic E-state index is 0.0535. The van der Waals surface area contributed by atoms with Gasteiger partial charge in [0.15, 0.2) is 0 Å². The number of esters is 1. The summed E-state index contributed by atoms with van der Waals surface area (Å²) in [6.45, 7) is -0.0535. The summed E-state index contributed by atoms with van der Waals surface area (Å²) >= 11 is 0. The molecule has 0 aliphatic heterocycles. The summed E-state index contributed by atoms with van der Waals surface area (Å²) in [6.07, 6.45) is 0. The van der Waals surface area contributed by atoms with E-state index in [1.807, 2.05) is 54.6 Å². The fraction of sp³-hybridized carbons (Fsp3) is 0.174. The maximum atomic E-state index is 12.5. The Morgan fingerprint density at radius 3 is 2.10 bits per heavy atom. The van der Waals surface area contributed by atoms with Gasteiger partial charge in [-0.15, -0.1) is 0 Å². The van der Waals surface area contributed by atoms with Crippen molar-refractivity contribution in [2.24, 2.45) is 5.11 Å². The number of methoxy groups -OCH3 is 1. The van der Waals surface area contributed by atoms with Crippen molar-refractivity contribution in [3.63, 3.8) is 0 Å². The zero-order valence-electron chi connectivity index (χ0n) is 15.9. The van der Waals surface area contributed by atoms with E-state index in [1.165, 1.54) is 7.11 Å². The predicted molar refractivity (Wildman–Crippen MR) is 111 cm³/mol. The average Bonchev–Trinajstić information content (AvgIpc) is 3.07. The van der Waals surface area contributed by atoms with Crippen LogP contribution in [0.2, 0.25) is 0 Å². The van der Waals surface area contributed by atoms with E-state index in [0.717, 1.165) is 27.8 Å². The molecule has 3 aromatic rings. The van der Waals surface area contributed by atoms with Crippen LogP contribution in [0.4, 0.5) is 0 Å². The number of hydrogen-bond acceptors (Lipinski definition) is 4. The van der Waals surface area contributed by atoms with Crippen LogP contribution in [0.15, 0.2) is 84.0 Å². The summed E-state index contributed by atoms with van der Waals surface area (Å²) in [6, 6.07) is 25.5. The molecule has 144 valence electrons. The Morgan fingerprint density at radius 2 is 1.55 bits per heavy atom. The number of ether oxygens (including phenoxy) is 1. The van der Waals surface area contributed by atoms with Crippen LogP contribution in [0.5, 0.6) is 0 Å². The maximum absolute atomic E-state index is 12.5. The fourth-order valence-corrected chi connectivity index (χ4v) is 4.17. The molecule has 3 aromatic carbocycles. The molecule has 0 bridgehead atoms. The zero-order valence-corrected chi connectivity index (χ0v) is 15.9. The Hall–Kier alpha value is -3.60. The van der Waals surface area contributed by atoms with Gasteiger partial charge in [0, 0.05) is 4.91 Å². The van der Waals surface area contributed by atoms with Gasteiger partial charge < -0.3 is 4.74 Å². The Balaban J connectivity index is 1.99. The van der Waals surface area contributed by atoms with Gasteiger partial charge in [0.25, 0.3) is 0 Å². The van der Waals surface area contributed by atoms with E-state index in [4.69, 9.17) is 10.3 Å². The number of carbonyl (C=O) groups is 1. The quantitative estimate of drug-likeness (QED) is 0.296. The molecule has 0 saturated carbocycles. The standard InChI is InChI=1S/C23H20N4O2/c1-29-22(28)21(15-25-27-24)26-23(16-9-3-2-4-10-16)19-13-7-5-11-17(19)18-12-6-8-14-20(18)23/h2-14,21,26H,15H2,1H3/t21-/m0/s1. The van der Waals surface area contributed by atoms with Crippen LogP contribution in [0.3, 0.4) is 0 Å². The number of nitrogens with zero attached hydrogens (tertiary/aromatic N) is 3. The molecule has 0 aromatic heterocycles. The molecule has 1 N–H and O–H groups in total. The van der Waals surface area contributed by atoms with E-state index in [9.17, 15) is 4.79 Å². The van der Waals surface area contributed by atoms with Crippen LogP contribution in [0.1, 0.15) is 16.7 Å². The lowest BCUT2D eigenvalue weighted by Gasteiger charge is -2.36. The van der Waals surface area contributed by atoms with Crippen molar-refractivity contribution in [2.45, 2.75) is 11.6 Å². The normalized spacial score (nSPS) is 14.2. The van der Waals surface area contributed by atoms with Crippen LogP contribution < -0.4 is 5.32 Å². The Morgan fingerprint density at radius 1 is 1.00 bits per heavy atom. The Kier molecular flexibility index (Phi) is 5.04. The van der Waals surface area contributed by atoms with Gasteiger partial charge in [-0.25, -0.2) is 0 Å². The van der Waals surface area contributed by atoms with Gasteiger partial charge in [-0.1, -0.05) is 84.0 Å². The van der Waals surface area contributed by atoms with Crippen molar-refractivity contribution in [2.75, 3.05) is 13.7 Å².